The monoisotopic (exact) mass is 296 g/mol. The number of aromatic nitrogens is 1. The van der Waals surface area contributed by atoms with Crippen molar-refractivity contribution in [2.45, 2.75) is 20.8 Å². The predicted octanol–water partition coefficient (Wildman–Crippen LogP) is 5.56. The first-order chi connectivity index (χ1) is 10.0. The molecular formula is C18H17ClN2. The van der Waals surface area contributed by atoms with Gasteiger partial charge in [0.05, 0.1) is 5.52 Å². The van der Waals surface area contributed by atoms with Crippen LogP contribution in [0.1, 0.15) is 16.7 Å². The van der Waals surface area contributed by atoms with Crippen molar-refractivity contribution in [1.29, 1.82) is 0 Å². The lowest BCUT2D eigenvalue weighted by Gasteiger charge is -2.11. The standard InChI is InChI=1S/C18H17ClN2/c1-11-7-13(3)18-16(8-11)12(2)9-17(21-18)20-15-6-4-5-14(19)10-15/h4-10H,1-3H3,(H,20,21). The molecule has 2 aromatic carbocycles. The molecule has 0 amide bonds. The van der Waals surface area contributed by atoms with Crippen molar-refractivity contribution >= 4 is 34.0 Å². The Balaban J connectivity index is 2.08. The van der Waals surface area contributed by atoms with Crippen LogP contribution in [0.5, 0.6) is 0 Å². The Kier molecular flexibility index (Phi) is 3.56. The number of aryl methyl sites for hydroxylation is 3. The van der Waals surface area contributed by atoms with Crippen LogP contribution in [-0.2, 0) is 0 Å². The van der Waals surface area contributed by atoms with E-state index < -0.39 is 0 Å². The highest BCUT2D eigenvalue weighted by Gasteiger charge is 2.06. The Morgan fingerprint density at radius 3 is 2.52 bits per heavy atom. The fourth-order valence-electron chi connectivity index (χ4n) is 2.62. The predicted molar refractivity (Wildman–Crippen MR) is 90.7 cm³/mol. The second kappa shape index (κ2) is 5.38. The smallest absolute Gasteiger partial charge is 0.131 e. The van der Waals surface area contributed by atoms with Crippen molar-refractivity contribution in [2.24, 2.45) is 0 Å². The average Bonchev–Trinajstić information content (AvgIpc) is 2.40. The van der Waals surface area contributed by atoms with Gasteiger partial charge in [-0.1, -0.05) is 29.3 Å². The average molecular weight is 297 g/mol. The molecule has 106 valence electrons. The fraction of sp³-hybridized carbons (Fsp3) is 0.167. The summed E-state index contributed by atoms with van der Waals surface area (Å²) >= 11 is 6.02. The Morgan fingerprint density at radius 1 is 0.952 bits per heavy atom. The maximum Gasteiger partial charge on any atom is 0.131 e. The summed E-state index contributed by atoms with van der Waals surface area (Å²) in [6, 6.07) is 14.1. The van der Waals surface area contributed by atoms with E-state index in [9.17, 15) is 0 Å². The van der Waals surface area contributed by atoms with Crippen LogP contribution in [0.3, 0.4) is 0 Å². The zero-order valence-corrected chi connectivity index (χ0v) is 13.1. The van der Waals surface area contributed by atoms with Crippen LogP contribution in [0.2, 0.25) is 5.02 Å². The van der Waals surface area contributed by atoms with Gasteiger partial charge in [0.2, 0.25) is 0 Å². The lowest BCUT2D eigenvalue weighted by atomic mass is 10.0. The highest BCUT2D eigenvalue weighted by Crippen LogP contribution is 2.26. The summed E-state index contributed by atoms with van der Waals surface area (Å²) < 4.78 is 0. The minimum Gasteiger partial charge on any atom is -0.340 e. The van der Waals surface area contributed by atoms with Crippen molar-refractivity contribution in [2.75, 3.05) is 5.32 Å². The van der Waals surface area contributed by atoms with Gasteiger partial charge in [-0.25, -0.2) is 4.98 Å². The van der Waals surface area contributed by atoms with Crippen molar-refractivity contribution in [3.8, 4) is 0 Å². The van der Waals surface area contributed by atoms with Crippen molar-refractivity contribution in [3.63, 3.8) is 0 Å². The molecule has 0 spiro atoms. The molecule has 1 heterocycles. The summed E-state index contributed by atoms with van der Waals surface area (Å²) in [6.45, 7) is 6.33. The molecule has 0 unspecified atom stereocenters. The first-order valence-electron chi connectivity index (χ1n) is 6.94. The van der Waals surface area contributed by atoms with E-state index >= 15 is 0 Å². The maximum atomic E-state index is 6.02. The lowest BCUT2D eigenvalue weighted by molar-refractivity contribution is 1.30. The Bertz CT molecular complexity index is 825. The van der Waals surface area contributed by atoms with E-state index in [0.717, 1.165) is 17.0 Å². The molecule has 3 rings (SSSR count). The summed E-state index contributed by atoms with van der Waals surface area (Å²) in [5, 5.41) is 5.25. The van der Waals surface area contributed by atoms with E-state index in [1.165, 1.54) is 22.1 Å². The summed E-state index contributed by atoms with van der Waals surface area (Å²) in [5.41, 5.74) is 5.67. The highest BCUT2D eigenvalue weighted by atomic mass is 35.5. The maximum absolute atomic E-state index is 6.02. The third-order valence-electron chi connectivity index (χ3n) is 3.55. The third-order valence-corrected chi connectivity index (χ3v) is 3.79. The number of fused-ring (bicyclic) bond motifs is 1. The number of nitrogens with zero attached hydrogens (tertiary/aromatic N) is 1. The SMILES string of the molecule is Cc1cc(C)c2nc(Nc3cccc(Cl)c3)cc(C)c2c1. The Morgan fingerprint density at radius 2 is 1.76 bits per heavy atom. The second-order valence-electron chi connectivity index (χ2n) is 5.44. The van der Waals surface area contributed by atoms with Gasteiger partial charge in [-0.2, -0.15) is 0 Å². The number of benzene rings is 2. The Labute approximate surface area is 129 Å². The molecule has 1 aromatic heterocycles. The number of hydrogen-bond acceptors (Lipinski definition) is 2. The number of hydrogen-bond donors (Lipinski definition) is 1. The molecule has 1 N–H and O–H groups in total. The molecule has 0 radical (unpaired) electrons. The minimum absolute atomic E-state index is 0.712. The van der Waals surface area contributed by atoms with Gasteiger partial charge in [-0.3, -0.25) is 0 Å². The van der Waals surface area contributed by atoms with Gasteiger partial charge < -0.3 is 5.32 Å². The first-order valence-corrected chi connectivity index (χ1v) is 7.32. The van der Waals surface area contributed by atoms with E-state index in [2.05, 4.69) is 44.3 Å². The number of rotatable bonds is 2. The third kappa shape index (κ3) is 2.86. The van der Waals surface area contributed by atoms with Crippen molar-refractivity contribution in [3.05, 3.63) is 64.2 Å². The number of halogens is 1. The van der Waals surface area contributed by atoms with Crippen molar-refractivity contribution < 1.29 is 0 Å². The Hall–Kier alpha value is -2.06. The van der Waals surface area contributed by atoms with Crippen LogP contribution >= 0.6 is 11.6 Å². The molecule has 0 bridgehead atoms. The molecule has 0 aliphatic heterocycles. The number of anilines is 2. The summed E-state index contributed by atoms with van der Waals surface area (Å²) in [7, 11) is 0. The van der Waals surface area contributed by atoms with E-state index in [0.29, 0.717) is 5.02 Å². The van der Waals surface area contributed by atoms with E-state index in [-0.39, 0.29) is 0 Å². The molecule has 2 nitrogen and oxygen atoms in total. The summed E-state index contributed by atoms with van der Waals surface area (Å²) in [4.78, 5) is 4.75. The quantitative estimate of drug-likeness (QED) is 0.670. The summed E-state index contributed by atoms with van der Waals surface area (Å²) in [5.74, 6) is 0.842. The molecule has 0 aliphatic rings. The van der Waals surface area contributed by atoms with E-state index in [4.69, 9.17) is 16.6 Å². The molecule has 0 atom stereocenters. The largest absolute Gasteiger partial charge is 0.340 e. The number of nitrogens with one attached hydrogen (secondary N) is 1. The van der Waals surface area contributed by atoms with Crippen LogP contribution in [-0.4, -0.2) is 4.98 Å². The van der Waals surface area contributed by atoms with Gasteiger partial charge in [0.1, 0.15) is 5.82 Å². The van der Waals surface area contributed by atoms with Gasteiger partial charge in [0, 0.05) is 16.1 Å². The zero-order valence-electron chi connectivity index (χ0n) is 12.4. The number of pyridine rings is 1. The van der Waals surface area contributed by atoms with Crippen molar-refractivity contribution in [1.82, 2.24) is 4.98 Å². The molecular weight excluding hydrogens is 280 g/mol. The fourth-order valence-corrected chi connectivity index (χ4v) is 2.81. The van der Waals surface area contributed by atoms with Crippen LogP contribution < -0.4 is 5.32 Å². The topological polar surface area (TPSA) is 24.9 Å². The van der Waals surface area contributed by atoms with Gasteiger partial charge in [-0.15, -0.1) is 0 Å². The van der Waals surface area contributed by atoms with Crippen LogP contribution in [0, 0.1) is 20.8 Å². The molecule has 0 saturated heterocycles. The normalized spacial score (nSPS) is 10.9. The highest BCUT2D eigenvalue weighted by molar-refractivity contribution is 6.30. The van der Waals surface area contributed by atoms with Gasteiger partial charge in [-0.05, 0) is 62.2 Å². The molecule has 21 heavy (non-hydrogen) atoms. The van der Waals surface area contributed by atoms with Gasteiger partial charge in [0.15, 0.2) is 0 Å². The van der Waals surface area contributed by atoms with E-state index in [1.54, 1.807) is 0 Å². The van der Waals surface area contributed by atoms with Crippen LogP contribution in [0.4, 0.5) is 11.5 Å². The zero-order chi connectivity index (χ0) is 15.0. The van der Waals surface area contributed by atoms with Gasteiger partial charge in [0.25, 0.3) is 0 Å². The molecule has 0 aliphatic carbocycles. The molecule has 0 fully saturated rings. The molecule has 3 heteroatoms. The first kappa shape index (κ1) is 13.9. The van der Waals surface area contributed by atoms with Gasteiger partial charge >= 0.3 is 0 Å². The minimum atomic E-state index is 0.712. The second-order valence-corrected chi connectivity index (χ2v) is 5.87. The van der Waals surface area contributed by atoms with Crippen LogP contribution in [0.25, 0.3) is 10.9 Å². The van der Waals surface area contributed by atoms with E-state index in [1.807, 2.05) is 24.3 Å². The lowest BCUT2D eigenvalue weighted by Crippen LogP contribution is -1.97. The molecule has 3 aromatic rings. The molecule has 0 saturated carbocycles. The summed E-state index contributed by atoms with van der Waals surface area (Å²) in [6.07, 6.45) is 0. The van der Waals surface area contributed by atoms with Crippen LogP contribution in [0.15, 0.2) is 42.5 Å².